The Labute approximate surface area is 78.0 Å². The van der Waals surface area contributed by atoms with Gasteiger partial charge in [0.2, 0.25) is 0 Å². The minimum atomic E-state index is 0.458. The van der Waals surface area contributed by atoms with Crippen LogP contribution < -0.4 is 5.32 Å². The molecule has 1 aliphatic heterocycles. The fraction of sp³-hybridized carbons (Fsp3) is 0.364. The van der Waals surface area contributed by atoms with E-state index in [1.165, 1.54) is 18.4 Å². The van der Waals surface area contributed by atoms with Crippen molar-refractivity contribution >= 4 is 6.29 Å². The number of hydrogen-bond acceptors (Lipinski definition) is 2. The van der Waals surface area contributed by atoms with Gasteiger partial charge < -0.3 is 5.32 Å². The molecular weight excluding hydrogens is 162 g/mol. The van der Waals surface area contributed by atoms with E-state index in [0.29, 0.717) is 6.04 Å². The highest BCUT2D eigenvalue weighted by atomic mass is 16.1. The van der Waals surface area contributed by atoms with Gasteiger partial charge in [-0.1, -0.05) is 18.2 Å². The molecule has 0 radical (unpaired) electrons. The molecule has 0 saturated carbocycles. The Kier molecular flexibility index (Phi) is 2.41. The molecule has 1 fully saturated rings. The summed E-state index contributed by atoms with van der Waals surface area (Å²) in [5.74, 6) is 0. The highest BCUT2D eigenvalue weighted by Gasteiger charge is 2.15. The first-order valence-electron chi connectivity index (χ1n) is 4.68. The average molecular weight is 175 g/mol. The van der Waals surface area contributed by atoms with Crippen LogP contribution in [0.3, 0.4) is 0 Å². The van der Waals surface area contributed by atoms with E-state index in [1.54, 1.807) is 0 Å². The van der Waals surface area contributed by atoms with Gasteiger partial charge in [0.05, 0.1) is 0 Å². The number of nitrogens with one attached hydrogen (secondary N) is 1. The van der Waals surface area contributed by atoms with E-state index in [9.17, 15) is 4.79 Å². The molecule has 1 saturated heterocycles. The third-order valence-corrected chi connectivity index (χ3v) is 2.51. The Morgan fingerprint density at radius 2 is 2.38 bits per heavy atom. The first kappa shape index (κ1) is 8.45. The van der Waals surface area contributed by atoms with Crippen molar-refractivity contribution in [2.75, 3.05) is 6.54 Å². The Balaban J connectivity index is 2.23. The van der Waals surface area contributed by atoms with Crippen molar-refractivity contribution in [1.82, 2.24) is 5.32 Å². The number of carbonyl (C=O) groups excluding carboxylic acids is 1. The minimum absolute atomic E-state index is 0.458. The van der Waals surface area contributed by atoms with Gasteiger partial charge >= 0.3 is 0 Å². The van der Waals surface area contributed by atoms with Crippen molar-refractivity contribution in [2.24, 2.45) is 0 Å². The van der Waals surface area contributed by atoms with Gasteiger partial charge in [-0.05, 0) is 31.0 Å². The van der Waals surface area contributed by atoms with Gasteiger partial charge in [-0.2, -0.15) is 0 Å². The van der Waals surface area contributed by atoms with Crippen LogP contribution in [0.25, 0.3) is 0 Å². The standard InChI is InChI=1S/C11H13NO/c13-8-9-3-1-4-10(7-9)11-5-2-6-12-11/h1,3-4,7-8,11-12H,2,5-6H2. The molecule has 2 rings (SSSR count). The topological polar surface area (TPSA) is 29.1 Å². The number of benzene rings is 1. The lowest BCUT2D eigenvalue weighted by atomic mass is 10.0. The fourth-order valence-corrected chi connectivity index (χ4v) is 1.82. The molecular formula is C11H13NO. The highest BCUT2D eigenvalue weighted by Crippen LogP contribution is 2.22. The van der Waals surface area contributed by atoms with Crippen LogP contribution in [0.4, 0.5) is 0 Å². The van der Waals surface area contributed by atoms with Gasteiger partial charge in [-0.25, -0.2) is 0 Å². The second-order valence-electron chi connectivity index (χ2n) is 3.44. The monoisotopic (exact) mass is 175 g/mol. The van der Waals surface area contributed by atoms with Crippen LogP contribution in [0, 0.1) is 0 Å². The van der Waals surface area contributed by atoms with Gasteiger partial charge in [0, 0.05) is 11.6 Å². The Hall–Kier alpha value is -1.15. The second kappa shape index (κ2) is 3.71. The van der Waals surface area contributed by atoms with E-state index in [0.717, 1.165) is 18.4 Å². The van der Waals surface area contributed by atoms with Gasteiger partial charge in [-0.3, -0.25) is 4.79 Å². The summed E-state index contributed by atoms with van der Waals surface area (Å²) in [6.45, 7) is 1.09. The molecule has 0 aromatic heterocycles. The van der Waals surface area contributed by atoms with Gasteiger partial charge in [0.1, 0.15) is 6.29 Å². The SMILES string of the molecule is O=Cc1cccc(C2CCCN2)c1. The molecule has 2 heteroatoms. The molecule has 1 N–H and O–H groups in total. The van der Waals surface area contributed by atoms with E-state index in [-0.39, 0.29) is 0 Å². The lowest BCUT2D eigenvalue weighted by molar-refractivity contribution is 0.112. The summed E-state index contributed by atoms with van der Waals surface area (Å²) in [6.07, 6.45) is 3.32. The van der Waals surface area contributed by atoms with Gasteiger partial charge in [0.15, 0.2) is 0 Å². The lowest BCUT2D eigenvalue weighted by Crippen LogP contribution is -2.12. The van der Waals surface area contributed by atoms with Crippen molar-refractivity contribution in [3.63, 3.8) is 0 Å². The van der Waals surface area contributed by atoms with E-state index in [2.05, 4.69) is 11.4 Å². The second-order valence-corrected chi connectivity index (χ2v) is 3.44. The van der Waals surface area contributed by atoms with Crippen molar-refractivity contribution < 1.29 is 4.79 Å². The van der Waals surface area contributed by atoms with Gasteiger partial charge in [0.25, 0.3) is 0 Å². The molecule has 1 aromatic rings. The number of hydrogen-bond donors (Lipinski definition) is 1. The highest BCUT2D eigenvalue weighted by molar-refractivity contribution is 5.75. The van der Waals surface area contributed by atoms with Crippen LogP contribution >= 0.6 is 0 Å². The van der Waals surface area contributed by atoms with Crippen LogP contribution in [-0.4, -0.2) is 12.8 Å². The van der Waals surface area contributed by atoms with Crippen LogP contribution in [-0.2, 0) is 0 Å². The predicted molar refractivity (Wildman–Crippen MR) is 51.8 cm³/mol. The zero-order chi connectivity index (χ0) is 9.10. The molecule has 1 aromatic carbocycles. The Morgan fingerprint density at radius 3 is 3.08 bits per heavy atom. The summed E-state index contributed by atoms with van der Waals surface area (Å²) in [7, 11) is 0. The number of rotatable bonds is 2. The molecule has 2 nitrogen and oxygen atoms in total. The van der Waals surface area contributed by atoms with E-state index in [4.69, 9.17) is 0 Å². The molecule has 1 unspecified atom stereocenters. The van der Waals surface area contributed by atoms with Crippen LogP contribution in [0.1, 0.15) is 34.8 Å². The van der Waals surface area contributed by atoms with Crippen molar-refractivity contribution in [3.8, 4) is 0 Å². The van der Waals surface area contributed by atoms with Crippen LogP contribution in [0.15, 0.2) is 24.3 Å². The molecule has 0 bridgehead atoms. The maximum atomic E-state index is 10.6. The molecule has 0 aliphatic carbocycles. The molecule has 0 amide bonds. The van der Waals surface area contributed by atoms with Crippen LogP contribution in [0.5, 0.6) is 0 Å². The third-order valence-electron chi connectivity index (χ3n) is 2.51. The Bertz CT molecular complexity index is 303. The zero-order valence-electron chi connectivity index (χ0n) is 7.49. The molecule has 0 spiro atoms. The maximum absolute atomic E-state index is 10.6. The zero-order valence-corrected chi connectivity index (χ0v) is 7.49. The van der Waals surface area contributed by atoms with Crippen molar-refractivity contribution in [1.29, 1.82) is 0 Å². The smallest absolute Gasteiger partial charge is 0.150 e. The maximum Gasteiger partial charge on any atom is 0.150 e. The Morgan fingerprint density at radius 1 is 1.46 bits per heavy atom. The normalized spacial score (nSPS) is 21.7. The average Bonchev–Trinajstić information content (AvgIpc) is 2.71. The number of carbonyl (C=O) groups is 1. The summed E-state index contributed by atoms with van der Waals surface area (Å²) in [4.78, 5) is 10.6. The minimum Gasteiger partial charge on any atom is -0.310 e. The summed E-state index contributed by atoms with van der Waals surface area (Å²) in [5, 5.41) is 3.41. The molecule has 1 heterocycles. The quantitative estimate of drug-likeness (QED) is 0.696. The van der Waals surface area contributed by atoms with Crippen molar-refractivity contribution in [2.45, 2.75) is 18.9 Å². The van der Waals surface area contributed by atoms with E-state index >= 15 is 0 Å². The number of aldehydes is 1. The lowest BCUT2D eigenvalue weighted by Gasteiger charge is -2.10. The summed E-state index contributed by atoms with van der Waals surface area (Å²) in [6, 6.07) is 8.29. The predicted octanol–water partition coefficient (Wildman–Crippen LogP) is 1.92. The molecule has 68 valence electrons. The van der Waals surface area contributed by atoms with Crippen LogP contribution in [0.2, 0.25) is 0 Å². The molecule has 1 atom stereocenters. The summed E-state index contributed by atoms with van der Waals surface area (Å²) in [5.41, 5.74) is 2.01. The molecule has 1 aliphatic rings. The van der Waals surface area contributed by atoms with E-state index in [1.807, 2.05) is 18.2 Å². The first-order valence-corrected chi connectivity index (χ1v) is 4.68. The largest absolute Gasteiger partial charge is 0.310 e. The first-order chi connectivity index (χ1) is 6.40. The van der Waals surface area contributed by atoms with E-state index < -0.39 is 0 Å². The summed E-state index contributed by atoms with van der Waals surface area (Å²) >= 11 is 0. The van der Waals surface area contributed by atoms with Gasteiger partial charge in [-0.15, -0.1) is 0 Å². The third kappa shape index (κ3) is 1.78. The van der Waals surface area contributed by atoms with Crippen molar-refractivity contribution in [3.05, 3.63) is 35.4 Å². The molecule has 13 heavy (non-hydrogen) atoms. The fourth-order valence-electron chi connectivity index (χ4n) is 1.82. The summed E-state index contributed by atoms with van der Waals surface area (Å²) < 4.78 is 0.